The van der Waals surface area contributed by atoms with Crippen LogP contribution >= 0.6 is 11.8 Å². The highest BCUT2D eigenvalue weighted by Gasteiger charge is 2.32. The fraction of sp³-hybridized carbons (Fsp3) is 0.421. The van der Waals surface area contributed by atoms with Crippen LogP contribution in [0.2, 0.25) is 0 Å². The predicted octanol–water partition coefficient (Wildman–Crippen LogP) is 3.00. The molecule has 1 atom stereocenters. The molecule has 0 radical (unpaired) electrons. The maximum Gasteiger partial charge on any atom is 0.233 e. The van der Waals surface area contributed by atoms with Crippen molar-refractivity contribution in [2.45, 2.75) is 36.2 Å². The van der Waals surface area contributed by atoms with E-state index in [0.717, 1.165) is 40.3 Å². The smallest absolute Gasteiger partial charge is 0.233 e. The molecule has 0 unspecified atom stereocenters. The number of nitrogens with one attached hydrogen (secondary N) is 2. The Morgan fingerprint density at radius 3 is 3.00 bits per heavy atom. The molecule has 2 aromatic heterocycles. The third kappa shape index (κ3) is 3.72. The molecule has 1 aromatic carbocycles. The van der Waals surface area contributed by atoms with Gasteiger partial charge in [0.2, 0.25) is 5.91 Å². The SMILES string of the molecule is COCCNC(=O)[C@H](C)Sc1nnc(-c2c[nH]c3ccccc23)n1C1CC1. The van der Waals surface area contributed by atoms with E-state index >= 15 is 0 Å². The molecular formula is C19H23N5O2S. The average Bonchev–Trinajstić information content (AvgIpc) is 3.29. The second-order valence-corrected chi connectivity index (χ2v) is 8.01. The summed E-state index contributed by atoms with van der Waals surface area (Å²) in [5.74, 6) is 0.848. The number of H-pyrrole nitrogens is 1. The van der Waals surface area contributed by atoms with E-state index in [0.29, 0.717) is 19.2 Å². The summed E-state index contributed by atoms with van der Waals surface area (Å²) in [6.45, 7) is 2.91. The Bertz CT molecular complexity index is 947. The third-order valence-electron chi connectivity index (χ3n) is 4.66. The number of carbonyl (C=O) groups is 1. The van der Waals surface area contributed by atoms with Crippen LogP contribution in [0.5, 0.6) is 0 Å². The minimum Gasteiger partial charge on any atom is -0.383 e. The van der Waals surface area contributed by atoms with Gasteiger partial charge in [-0.05, 0) is 25.8 Å². The lowest BCUT2D eigenvalue weighted by Crippen LogP contribution is -2.33. The van der Waals surface area contributed by atoms with E-state index in [1.54, 1.807) is 7.11 Å². The first-order valence-electron chi connectivity index (χ1n) is 9.13. The molecule has 1 fully saturated rings. The summed E-state index contributed by atoms with van der Waals surface area (Å²) < 4.78 is 7.17. The van der Waals surface area contributed by atoms with Gasteiger partial charge < -0.3 is 15.0 Å². The summed E-state index contributed by atoms with van der Waals surface area (Å²) in [6.07, 6.45) is 4.23. The first-order chi connectivity index (χ1) is 13.2. The van der Waals surface area contributed by atoms with E-state index in [9.17, 15) is 4.79 Å². The number of hydrogen-bond donors (Lipinski definition) is 2. The summed E-state index contributed by atoms with van der Waals surface area (Å²) in [6, 6.07) is 8.60. The van der Waals surface area contributed by atoms with Crippen LogP contribution in [0, 0.1) is 0 Å². The van der Waals surface area contributed by atoms with Gasteiger partial charge in [0.25, 0.3) is 0 Å². The summed E-state index contributed by atoms with van der Waals surface area (Å²) >= 11 is 1.45. The largest absolute Gasteiger partial charge is 0.383 e. The highest BCUT2D eigenvalue weighted by atomic mass is 32.2. The summed E-state index contributed by atoms with van der Waals surface area (Å²) in [7, 11) is 1.62. The van der Waals surface area contributed by atoms with Crippen LogP contribution in [0.4, 0.5) is 0 Å². The van der Waals surface area contributed by atoms with Crippen molar-refractivity contribution in [1.29, 1.82) is 0 Å². The Hall–Kier alpha value is -2.32. The first kappa shape index (κ1) is 18.1. The molecule has 1 aliphatic rings. The maximum atomic E-state index is 12.3. The zero-order chi connectivity index (χ0) is 18.8. The number of rotatable bonds is 8. The van der Waals surface area contributed by atoms with Crippen LogP contribution in [0.15, 0.2) is 35.6 Å². The number of aromatic nitrogens is 4. The molecule has 8 heteroatoms. The van der Waals surface area contributed by atoms with Gasteiger partial charge in [0.1, 0.15) is 0 Å². The number of thioether (sulfide) groups is 1. The minimum atomic E-state index is -0.251. The van der Waals surface area contributed by atoms with Crippen molar-refractivity contribution in [3.63, 3.8) is 0 Å². The van der Waals surface area contributed by atoms with Crippen molar-refractivity contribution in [2.75, 3.05) is 20.3 Å². The Morgan fingerprint density at radius 1 is 1.41 bits per heavy atom. The van der Waals surface area contributed by atoms with Crippen LogP contribution in [0.1, 0.15) is 25.8 Å². The van der Waals surface area contributed by atoms with Gasteiger partial charge in [0.15, 0.2) is 11.0 Å². The molecule has 2 heterocycles. The van der Waals surface area contributed by atoms with E-state index in [2.05, 4.69) is 37.2 Å². The number of benzene rings is 1. The number of para-hydroxylation sites is 1. The Labute approximate surface area is 161 Å². The molecule has 4 rings (SSSR count). The van der Waals surface area contributed by atoms with Crippen LogP contribution in [-0.2, 0) is 9.53 Å². The third-order valence-corrected chi connectivity index (χ3v) is 5.72. The van der Waals surface area contributed by atoms with Gasteiger partial charge in [-0.15, -0.1) is 10.2 Å². The summed E-state index contributed by atoms with van der Waals surface area (Å²) in [5.41, 5.74) is 2.13. The number of carbonyl (C=O) groups excluding carboxylic acids is 1. The highest BCUT2D eigenvalue weighted by molar-refractivity contribution is 8.00. The van der Waals surface area contributed by atoms with Gasteiger partial charge in [0, 0.05) is 42.4 Å². The highest BCUT2D eigenvalue weighted by Crippen LogP contribution is 2.42. The molecule has 1 saturated carbocycles. The topological polar surface area (TPSA) is 84.8 Å². The zero-order valence-corrected chi connectivity index (χ0v) is 16.3. The fourth-order valence-corrected chi connectivity index (χ4v) is 4.03. The van der Waals surface area contributed by atoms with Gasteiger partial charge >= 0.3 is 0 Å². The maximum absolute atomic E-state index is 12.3. The van der Waals surface area contributed by atoms with E-state index < -0.39 is 0 Å². The van der Waals surface area contributed by atoms with Crippen molar-refractivity contribution in [3.8, 4) is 11.4 Å². The van der Waals surface area contributed by atoms with Crippen LogP contribution in [0.25, 0.3) is 22.3 Å². The van der Waals surface area contributed by atoms with Gasteiger partial charge in [-0.1, -0.05) is 30.0 Å². The molecular weight excluding hydrogens is 362 g/mol. The molecule has 0 saturated heterocycles. The number of hydrogen-bond acceptors (Lipinski definition) is 5. The second kappa shape index (κ2) is 7.74. The second-order valence-electron chi connectivity index (χ2n) is 6.70. The number of aromatic amines is 1. The molecule has 27 heavy (non-hydrogen) atoms. The van der Waals surface area contributed by atoms with Gasteiger partial charge in [0.05, 0.1) is 11.9 Å². The first-order valence-corrected chi connectivity index (χ1v) is 10.0. The lowest BCUT2D eigenvalue weighted by atomic mass is 10.1. The standard InChI is InChI=1S/C19H23N5O2S/c1-12(18(25)20-9-10-26-2)27-19-23-22-17(24(19)13-7-8-13)15-11-21-16-6-4-3-5-14(15)16/h3-6,11-13,21H,7-10H2,1-2H3,(H,20,25)/t12-/m0/s1. The van der Waals surface area contributed by atoms with Crippen LogP contribution < -0.4 is 5.32 Å². The molecule has 1 amide bonds. The number of fused-ring (bicyclic) bond motifs is 1. The van der Waals surface area contributed by atoms with Crippen molar-refractivity contribution >= 4 is 28.6 Å². The Kier molecular flexibility index (Phi) is 5.18. The predicted molar refractivity (Wildman–Crippen MR) is 106 cm³/mol. The molecule has 0 aliphatic heterocycles. The Morgan fingerprint density at radius 2 is 2.22 bits per heavy atom. The van der Waals surface area contributed by atoms with Crippen molar-refractivity contribution in [1.82, 2.24) is 25.1 Å². The number of methoxy groups -OCH3 is 1. The van der Waals surface area contributed by atoms with E-state index in [-0.39, 0.29) is 11.2 Å². The minimum absolute atomic E-state index is 0.0176. The van der Waals surface area contributed by atoms with Gasteiger partial charge in [-0.3, -0.25) is 9.36 Å². The van der Waals surface area contributed by atoms with Gasteiger partial charge in [-0.2, -0.15) is 0 Å². The molecule has 7 nitrogen and oxygen atoms in total. The zero-order valence-electron chi connectivity index (χ0n) is 15.4. The van der Waals surface area contributed by atoms with Crippen molar-refractivity contribution in [3.05, 3.63) is 30.5 Å². The number of amides is 1. The molecule has 142 valence electrons. The normalized spacial score (nSPS) is 15.2. The lowest BCUT2D eigenvalue weighted by Gasteiger charge is -2.13. The molecule has 0 bridgehead atoms. The Balaban J connectivity index is 1.59. The number of nitrogens with zero attached hydrogens (tertiary/aromatic N) is 3. The molecule has 1 aliphatic carbocycles. The van der Waals surface area contributed by atoms with Crippen LogP contribution in [-0.4, -0.2) is 51.2 Å². The van der Waals surface area contributed by atoms with Crippen LogP contribution in [0.3, 0.4) is 0 Å². The van der Waals surface area contributed by atoms with Crippen molar-refractivity contribution < 1.29 is 9.53 Å². The summed E-state index contributed by atoms with van der Waals surface area (Å²) in [4.78, 5) is 15.6. The van der Waals surface area contributed by atoms with Gasteiger partial charge in [-0.25, -0.2) is 0 Å². The summed E-state index contributed by atoms with van der Waals surface area (Å²) in [5, 5.41) is 13.5. The molecule has 0 spiro atoms. The molecule has 3 aromatic rings. The van der Waals surface area contributed by atoms with E-state index in [1.807, 2.05) is 25.3 Å². The monoisotopic (exact) mass is 385 g/mol. The van der Waals surface area contributed by atoms with E-state index in [4.69, 9.17) is 4.74 Å². The fourth-order valence-electron chi connectivity index (χ4n) is 3.09. The lowest BCUT2D eigenvalue weighted by molar-refractivity contribution is -0.120. The molecule has 2 N–H and O–H groups in total. The quantitative estimate of drug-likeness (QED) is 0.460. The number of ether oxygens (including phenoxy) is 1. The van der Waals surface area contributed by atoms with Crippen molar-refractivity contribution in [2.24, 2.45) is 0 Å². The van der Waals surface area contributed by atoms with E-state index in [1.165, 1.54) is 11.8 Å². The average molecular weight is 385 g/mol.